The van der Waals surface area contributed by atoms with Crippen molar-refractivity contribution in [2.45, 2.75) is 0 Å². The summed E-state index contributed by atoms with van der Waals surface area (Å²) in [7, 11) is 0. The first-order valence-electron chi connectivity index (χ1n) is 1.07. The van der Waals surface area contributed by atoms with Crippen molar-refractivity contribution in [3.05, 3.63) is 0 Å². The summed E-state index contributed by atoms with van der Waals surface area (Å²) in [5.74, 6) is -4.37. The van der Waals surface area contributed by atoms with Crippen molar-refractivity contribution in [1.29, 1.82) is 0 Å². The van der Waals surface area contributed by atoms with Gasteiger partial charge in [0.1, 0.15) is 0 Å². The van der Waals surface area contributed by atoms with E-state index in [1.807, 2.05) is 0 Å². The quantitative estimate of drug-likeness (QED) is 0.297. The Labute approximate surface area is 71.1 Å². The molecule has 0 saturated carbocycles. The first-order chi connectivity index (χ1) is 2.64. The second kappa shape index (κ2) is 15.8. The topological polar surface area (TPSA) is 180 Å². The summed E-state index contributed by atoms with van der Waals surface area (Å²) in [6, 6.07) is 0. The maximum Gasteiger partial charge on any atom is 0.0870 e. The average molecular weight is 190 g/mol. The minimum atomic E-state index is -2.19. The zero-order valence-electron chi connectivity index (χ0n) is 5.13. The van der Waals surface area contributed by atoms with Gasteiger partial charge in [-0.1, -0.05) is 0 Å². The van der Waals surface area contributed by atoms with Crippen molar-refractivity contribution in [2.24, 2.45) is 0 Å². The molecule has 0 aliphatic rings. The van der Waals surface area contributed by atoms with Gasteiger partial charge in [0.25, 0.3) is 0 Å². The zero-order chi connectivity index (χ0) is 5.15. The van der Waals surface area contributed by atoms with E-state index in [1.165, 1.54) is 0 Å². The van der Waals surface area contributed by atoms with E-state index in [9.17, 15) is 0 Å². The molecule has 0 heterocycles. The van der Waals surface area contributed by atoms with E-state index in [1.54, 1.807) is 0 Å². The zero-order valence-corrected chi connectivity index (χ0v) is 6.69. The van der Waals surface area contributed by atoms with Crippen LogP contribution < -0.4 is 16.4 Å². The third kappa shape index (κ3) is 25.8. The number of hydrogen-bond donors (Lipinski definition) is 1. The molecule has 0 aliphatic heterocycles. The molecule has 10 heavy (non-hydrogen) atoms. The van der Waals surface area contributed by atoms with Crippen LogP contribution in [-0.4, -0.2) is 22.9 Å². The maximum absolute atomic E-state index is 8.93. The fourth-order valence-corrected chi connectivity index (χ4v) is 0. The third-order valence-electron chi connectivity index (χ3n) is 0.167. The van der Waals surface area contributed by atoms with Gasteiger partial charge in [-0.3, -0.25) is 0 Å². The molecule has 8 N–H and O–H groups in total. The van der Waals surface area contributed by atoms with E-state index in [-0.39, 0.29) is 38.8 Å². The van der Waals surface area contributed by atoms with Gasteiger partial charge in [0, 0.05) is 21.7 Å². The predicted molar refractivity (Wildman–Crippen MR) is 23.2 cm³/mol. The standard InChI is InChI=1S/C2H2O4.H3N.2H2O.Ti/c3-1(4)2(5)6;;;;/h(H,3,4)(H,5,6);1H3;2*1H2;/p-1. The Bertz CT molecular complexity index is 81.7. The summed E-state index contributed by atoms with van der Waals surface area (Å²) in [4.78, 5) is 17.9. The summed E-state index contributed by atoms with van der Waals surface area (Å²) in [6.07, 6.45) is 0. The Morgan fingerprint density at radius 3 is 1.00 bits per heavy atom. The van der Waals surface area contributed by atoms with Gasteiger partial charge >= 0.3 is 0 Å². The van der Waals surface area contributed by atoms with E-state index >= 15 is 0 Å². The Kier molecular flexibility index (Phi) is 53.4. The first-order valence-corrected chi connectivity index (χ1v) is 1.07. The van der Waals surface area contributed by atoms with Gasteiger partial charge in [-0.05, 0) is 0 Å². The fraction of sp³-hybridized carbons (Fsp3) is 0. The third-order valence-corrected chi connectivity index (χ3v) is 0.167. The SMILES string of the molecule is O.O.O=C([O-])C(=O)[O-].[NH4+].[Ti]. The summed E-state index contributed by atoms with van der Waals surface area (Å²) in [5, 5.41) is 17.9. The average Bonchev–Trinajstić information content (AvgIpc) is 1.36. The molecule has 0 rings (SSSR count). The van der Waals surface area contributed by atoms with Gasteiger partial charge in [-0.2, -0.15) is 0 Å². The van der Waals surface area contributed by atoms with Crippen LogP contribution >= 0.6 is 0 Å². The fourth-order valence-electron chi connectivity index (χ4n) is 0. The molecule has 0 aliphatic carbocycles. The number of quaternary nitrogens is 1. The molecule has 0 aromatic heterocycles. The van der Waals surface area contributed by atoms with Crippen LogP contribution in [0.15, 0.2) is 0 Å². The number of carbonyl (C=O) groups excluding carboxylic acids is 2. The molecular weight excluding hydrogens is 182 g/mol. The summed E-state index contributed by atoms with van der Waals surface area (Å²) < 4.78 is 0. The van der Waals surface area contributed by atoms with Gasteiger partial charge < -0.3 is 36.9 Å². The van der Waals surface area contributed by atoms with Crippen LogP contribution in [0, 0.1) is 0 Å². The summed E-state index contributed by atoms with van der Waals surface area (Å²) in [5.41, 5.74) is 0. The van der Waals surface area contributed by atoms with E-state index in [0.717, 1.165) is 0 Å². The normalized spacial score (nSPS) is 4.40. The largest absolute Gasteiger partial charge is 0.543 e. The van der Waals surface area contributed by atoms with E-state index in [0.29, 0.717) is 0 Å². The summed E-state index contributed by atoms with van der Waals surface area (Å²) in [6.45, 7) is 0. The number of carbonyl (C=O) groups is 2. The van der Waals surface area contributed by atoms with Crippen molar-refractivity contribution in [2.75, 3.05) is 0 Å². The number of aliphatic carboxylic acids is 2. The molecule has 0 atom stereocenters. The second-order valence-electron chi connectivity index (χ2n) is 0.575. The molecule has 0 aromatic carbocycles. The molecule has 0 radical (unpaired) electrons. The molecule has 7 nitrogen and oxygen atoms in total. The van der Waals surface area contributed by atoms with Crippen molar-refractivity contribution < 1.29 is 52.5 Å². The second-order valence-corrected chi connectivity index (χ2v) is 0.575. The van der Waals surface area contributed by atoms with Crippen molar-refractivity contribution in [1.82, 2.24) is 6.15 Å². The van der Waals surface area contributed by atoms with E-state index < -0.39 is 11.9 Å². The van der Waals surface area contributed by atoms with Crippen molar-refractivity contribution >= 4 is 11.9 Å². The molecule has 0 amide bonds. The Morgan fingerprint density at radius 2 is 1.00 bits per heavy atom. The van der Waals surface area contributed by atoms with Gasteiger partial charge in [-0.15, -0.1) is 0 Å². The Morgan fingerprint density at radius 1 is 0.900 bits per heavy atom. The Hall–Kier alpha value is -0.466. The van der Waals surface area contributed by atoms with Gasteiger partial charge in [0.15, 0.2) is 0 Å². The van der Waals surface area contributed by atoms with Crippen molar-refractivity contribution in [3.63, 3.8) is 0 Å². The van der Waals surface area contributed by atoms with Crippen LogP contribution in [0.4, 0.5) is 0 Å². The van der Waals surface area contributed by atoms with E-state index in [2.05, 4.69) is 0 Å². The molecule has 0 unspecified atom stereocenters. The number of carboxylic acid groups (broad SMARTS) is 2. The van der Waals surface area contributed by atoms with Crippen molar-refractivity contribution in [3.8, 4) is 0 Å². The molecule has 8 heteroatoms. The first kappa shape index (κ1) is 33.8. The maximum atomic E-state index is 8.93. The molecule has 0 spiro atoms. The van der Waals surface area contributed by atoms with Crippen LogP contribution in [0.2, 0.25) is 0 Å². The molecular formula is C2H8NO6Ti-. The van der Waals surface area contributed by atoms with Crippen LogP contribution in [0.1, 0.15) is 0 Å². The van der Waals surface area contributed by atoms with Gasteiger partial charge in [0.05, 0.1) is 11.9 Å². The minimum Gasteiger partial charge on any atom is -0.543 e. The van der Waals surface area contributed by atoms with Crippen LogP contribution in [-0.2, 0) is 31.3 Å². The molecule has 0 bridgehead atoms. The molecule has 0 aromatic rings. The van der Waals surface area contributed by atoms with Crippen LogP contribution in [0.3, 0.4) is 0 Å². The van der Waals surface area contributed by atoms with Crippen LogP contribution in [0.5, 0.6) is 0 Å². The molecule has 62 valence electrons. The van der Waals surface area contributed by atoms with E-state index in [4.69, 9.17) is 19.8 Å². The molecule has 0 saturated heterocycles. The number of hydrogen-bond acceptors (Lipinski definition) is 4. The molecule has 0 fully saturated rings. The smallest absolute Gasteiger partial charge is 0.0870 e. The number of carboxylic acids is 2. The van der Waals surface area contributed by atoms with Crippen LogP contribution in [0.25, 0.3) is 0 Å². The summed E-state index contributed by atoms with van der Waals surface area (Å²) >= 11 is 0. The minimum absolute atomic E-state index is 0. The predicted octanol–water partition coefficient (Wildman–Crippen LogP) is -4.79. The monoisotopic (exact) mass is 190 g/mol. The Balaban J connectivity index is -0.0000000208. The van der Waals surface area contributed by atoms with Gasteiger partial charge in [0.2, 0.25) is 0 Å². The number of rotatable bonds is 0. The van der Waals surface area contributed by atoms with Gasteiger partial charge in [-0.25, -0.2) is 0 Å².